The molecule has 6 nitrogen and oxygen atoms in total. The second kappa shape index (κ2) is 10.9. The molecule has 2 amide bonds. The first-order valence-corrected chi connectivity index (χ1v) is 12.4. The summed E-state index contributed by atoms with van der Waals surface area (Å²) in [7, 11) is 0. The maximum atomic E-state index is 12.9. The Morgan fingerprint density at radius 2 is 1.71 bits per heavy atom. The molecular weight excluding hydrogens is 565 g/mol. The van der Waals surface area contributed by atoms with Crippen LogP contribution in [-0.2, 0) is 11.3 Å². The van der Waals surface area contributed by atoms with E-state index in [2.05, 4.69) is 22.6 Å². The standard InChI is InChI=1S/C26H20INO5S/c1-2-32-21-14-18(13-20(27)23(21)33-25(30)19-11-7-4-8-12-19)15-22-24(29)28(26(31)34-22)16-17-9-5-3-6-10-17/h3-15H,2,16H2,1H3/b22-15-. The number of rotatable bonds is 7. The van der Waals surface area contributed by atoms with Gasteiger partial charge in [0, 0.05) is 0 Å². The maximum absolute atomic E-state index is 12.9. The number of hydrogen-bond donors (Lipinski definition) is 0. The summed E-state index contributed by atoms with van der Waals surface area (Å²) >= 11 is 2.97. The van der Waals surface area contributed by atoms with Gasteiger partial charge in [-0.05, 0) is 82.7 Å². The third-order valence-electron chi connectivity index (χ3n) is 4.89. The summed E-state index contributed by atoms with van der Waals surface area (Å²) in [4.78, 5) is 39.5. The van der Waals surface area contributed by atoms with Gasteiger partial charge in [0.1, 0.15) is 0 Å². The summed E-state index contributed by atoms with van der Waals surface area (Å²) in [5.41, 5.74) is 1.97. The molecule has 0 aromatic heterocycles. The van der Waals surface area contributed by atoms with E-state index in [1.165, 1.54) is 4.90 Å². The van der Waals surface area contributed by atoms with Crippen molar-refractivity contribution in [1.82, 2.24) is 4.90 Å². The van der Waals surface area contributed by atoms with Crippen molar-refractivity contribution in [3.8, 4) is 11.5 Å². The van der Waals surface area contributed by atoms with Gasteiger partial charge in [0.2, 0.25) is 0 Å². The van der Waals surface area contributed by atoms with Crippen molar-refractivity contribution in [3.05, 3.63) is 98.0 Å². The third kappa shape index (κ3) is 5.51. The van der Waals surface area contributed by atoms with Crippen molar-refractivity contribution >= 4 is 57.5 Å². The molecule has 34 heavy (non-hydrogen) atoms. The van der Waals surface area contributed by atoms with E-state index in [9.17, 15) is 14.4 Å². The minimum Gasteiger partial charge on any atom is -0.490 e. The van der Waals surface area contributed by atoms with E-state index in [1.807, 2.05) is 43.3 Å². The van der Waals surface area contributed by atoms with E-state index in [1.54, 1.807) is 42.5 Å². The fourth-order valence-electron chi connectivity index (χ4n) is 3.31. The van der Waals surface area contributed by atoms with Crippen molar-refractivity contribution in [1.29, 1.82) is 0 Å². The number of hydrogen-bond acceptors (Lipinski definition) is 6. The molecule has 3 aromatic rings. The fourth-order valence-corrected chi connectivity index (χ4v) is 4.89. The van der Waals surface area contributed by atoms with Crippen LogP contribution < -0.4 is 9.47 Å². The Bertz CT molecular complexity index is 1260. The number of carbonyl (C=O) groups excluding carboxylic acids is 3. The van der Waals surface area contributed by atoms with E-state index in [-0.39, 0.29) is 17.7 Å². The van der Waals surface area contributed by atoms with Gasteiger partial charge in [0.05, 0.1) is 27.2 Å². The van der Waals surface area contributed by atoms with Gasteiger partial charge in [-0.3, -0.25) is 14.5 Å². The fraction of sp³-hybridized carbons (Fsp3) is 0.115. The van der Waals surface area contributed by atoms with E-state index in [0.29, 0.717) is 37.7 Å². The van der Waals surface area contributed by atoms with Gasteiger partial charge >= 0.3 is 5.97 Å². The second-order valence-electron chi connectivity index (χ2n) is 7.27. The van der Waals surface area contributed by atoms with Crippen LogP contribution in [0.5, 0.6) is 11.5 Å². The van der Waals surface area contributed by atoms with Crippen LogP contribution in [0.1, 0.15) is 28.4 Å². The van der Waals surface area contributed by atoms with Crippen LogP contribution in [0.15, 0.2) is 77.7 Å². The average Bonchev–Trinajstić information content (AvgIpc) is 3.10. The molecule has 0 N–H and O–H groups in total. The zero-order valence-corrected chi connectivity index (χ0v) is 21.2. The molecular formula is C26H20INO5S. The summed E-state index contributed by atoms with van der Waals surface area (Å²) in [6.45, 7) is 2.42. The lowest BCUT2D eigenvalue weighted by Gasteiger charge is -2.14. The molecule has 0 saturated carbocycles. The molecule has 0 bridgehead atoms. The van der Waals surface area contributed by atoms with Crippen molar-refractivity contribution in [2.45, 2.75) is 13.5 Å². The molecule has 8 heteroatoms. The number of benzene rings is 3. The van der Waals surface area contributed by atoms with Gasteiger partial charge < -0.3 is 9.47 Å². The predicted molar refractivity (Wildman–Crippen MR) is 140 cm³/mol. The van der Waals surface area contributed by atoms with E-state index < -0.39 is 5.97 Å². The highest BCUT2D eigenvalue weighted by atomic mass is 127. The number of imide groups is 1. The van der Waals surface area contributed by atoms with Crippen LogP contribution in [0.4, 0.5) is 4.79 Å². The summed E-state index contributed by atoms with van der Waals surface area (Å²) in [6, 6.07) is 21.5. The molecule has 0 aliphatic carbocycles. The number of nitrogens with zero attached hydrogens (tertiary/aromatic N) is 1. The van der Waals surface area contributed by atoms with Gasteiger partial charge in [-0.15, -0.1) is 0 Å². The highest BCUT2D eigenvalue weighted by molar-refractivity contribution is 14.1. The van der Waals surface area contributed by atoms with Gasteiger partial charge in [-0.25, -0.2) is 4.79 Å². The largest absolute Gasteiger partial charge is 0.490 e. The summed E-state index contributed by atoms with van der Waals surface area (Å²) in [5, 5.41) is -0.312. The minimum absolute atomic E-state index is 0.221. The van der Waals surface area contributed by atoms with Crippen molar-refractivity contribution in [2.75, 3.05) is 6.61 Å². The van der Waals surface area contributed by atoms with E-state index in [0.717, 1.165) is 17.3 Å². The van der Waals surface area contributed by atoms with Crippen molar-refractivity contribution < 1.29 is 23.9 Å². The van der Waals surface area contributed by atoms with Gasteiger partial charge in [-0.2, -0.15) is 0 Å². The van der Waals surface area contributed by atoms with Crippen LogP contribution >= 0.6 is 34.4 Å². The van der Waals surface area contributed by atoms with Crippen LogP contribution in [0, 0.1) is 3.57 Å². The molecule has 172 valence electrons. The Hall–Kier alpha value is -3.11. The number of amides is 2. The Labute approximate surface area is 215 Å². The first-order chi connectivity index (χ1) is 16.5. The number of halogens is 1. The molecule has 1 saturated heterocycles. The number of thioether (sulfide) groups is 1. The molecule has 1 aliphatic rings. The Morgan fingerprint density at radius 1 is 1.03 bits per heavy atom. The molecule has 4 rings (SSSR count). The minimum atomic E-state index is -0.491. The molecule has 0 unspecified atom stereocenters. The molecule has 3 aromatic carbocycles. The molecule has 0 radical (unpaired) electrons. The maximum Gasteiger partial charge on any atom is 0.343 e. The number of carbonyl (C=O) groups is 3. The monoisotopic (exact) mass is 585 g/mol. The molecule has 0 spiro atoms. The second-order valence-corrected chi connectivity index (χ2v) is 9.43. The first kappa shape index (κ1) is 24.0. The summed E-state index contributed by atoms with van der Waals surface area (Å²) in [6.07, 6.45) is 1.66. The van der Waals surface area contributed by atoms with Crippen LogP contribution in [0.3, 0.4) is 0 Å². The Balaban J connectivity index is 1.59. The SMILES string of the molecule is CCOc1cc(/C=C2\SC(=O)N(Cc3ccccc3)C2=O)cc(I)c1OC(=O)c1ccccc1. The lowest BCUT2D eigenvalue weighted by molar-refractivity contribution is -0.123. The Kier molecular flexibility index (Phi) is 7.69. The predicted octanol–water partition coefficient (Wildman–Crippen LogP) is 6.15. The summed E-state index contributed by atoms with van der Waals surface area (Å²) < 4.78 is 12.0. The van der Waals surface area contributed by atoms with Gasteiger partial charge in [0.25, 0.3) is 11.1 Å². The first-order valence-electron chi connectivity index (χ1n) is 10.5. The van der Waals surface area contributed by atoms with Gasteiger partial charge in [-0.1, -0.05) is 48.5 Å². The van der Waals surface area contributed by atoms with Crippen LogP contribution in [0.2, 0.25) is 0 Å². The zero-order chi connectivity index (χ0) is 24.1. The molecule has 0 atom stereocenters. The average molecular weight is 585 g/mol. The number of esters is 1. The lowest BCUT2D eigenvalue weighted by atomic mass is 10.1. The van der Waals surface area contributed by atoms with Gasteiger partial charge in [0.15, 0.2) is 11.5 Å². The van der Waals surface area contributed by atoms with E-state index >= 15 is 0 Å². The number of ether oxygens (including phenoxy) is 2. The zero-order valence-electron chi connectivity index (χ0n) is 18.2. The quantitative estimate of drug-likeness (QED) is 0.144. The third-order valence-corrected chi connectivity index (χ3v) is 6.60. The van der Waals surface area contributed by atoms with Crippen molar-refractivity contribution in [3.63, 3.8) is 0 Å². The van der Waals surface area contributed by atoms with E-state index in [4.69, 9.17) is 9.47 Å². The normalized spacial score (nSPS) is 14.5. The highest BCUT2D eigenvalue weighted by Gasteiger charge is 2.35. The topological polar surface area (TPSA) is 72.9 Å². The molecule has 1 heterocycles. The van der Waals surface area contributed by atoms with Crippen LogP contribution in [-0.4, -0.2) is 28.6 Å². The van der Waals surface area contributed by atoms with Crippen LogP contribution in [0.25, 0.3) is 6.08 Å². The molecule has 1 fully saturated rings. The summed E-state index contributed by atoms with van der Waals surface area (Å²) in [5.74, 6) is -0.139. The Morgan fingerprint density at radius 3 is 2.38 bits per heavy atom. The molecule has 1 aliphatic heterocycles. The smallest absolute Gasteiger partial charge is 0.343 e. The lowest BCUT2D eigenvalue weighted by Crippen LogP contribution is -2.27. The highest BCUT2D eigenvalue weighted by Crippen LogP contribution is 2.38. The van der Waals surface area contributed by atoms with Crippen molar-refractivity contribution in [2.24, 2.45) is 0 Å².